The van der Waals surface area contributed by atoms with E-state index in [4.69, 9.17) is 16.7 Å². The molecule has 0 amide bonds. The number of rotatable bonds is 8. The molecule has 0 bridgehead atoms. The van der Waals surface area contributed by atoms with Crippen LogP contribution in [0.25, 0.3) is 0 Å². The molecule has 0 unspecified atom stereocenters. The van der Waals surface area contributed by atoms with Gasteiger partial charge in [-0.25, -0.2) is 13.1 Å². The zero-order chi connectivity index (χ0) is 15.0. The topological polar surface area (TPSA) is 83.5 Å². The molecule has 0 saturated carbocycles. The summed E-state index contributed by atoms with van der Waals surface area (Å²) in [7, 11) is -3.54. The number of sulfonamides is 1. The molecule has 7 heteroatoms. The fourth-order valence-corrected chi connectivity index (χ4v) is 2.53. The van der Waals surface area contributed by atoms with Gasteiger partial charge in [-0.2, -0.15) is 0 Å². The quantitative estimate of drug-likeness (QED) is 0.570. The summed E-state index contributed by atoms with van der Waals surface area (Å²) in [6.07, 6.45) is 4.67. The van der Waals surface area contributed by atoms with Crippen LogP contribution in [0.2, 0.25) is 5.02 Å². The van der Waals surface area contributed by atoms with E-state index in [2.05, 4.69) is 4.72 Å². The maximum atomic E-state index is 11.9. The molecule has 0 aliphatic rings. The largest absolute Gasteiger partial charge is 0.481 e. The van der Waals surface area contributed by atoms with Crippen LogP contribution in [0.1, 0.15) is 19.3 Å². The Morgan fingerprint density at radius 3 is 2.50 bits per heavy atom. The van der Waals surface area contributed by atoms with E-state index in [1.807, 2.05) is 0 Å². The van der Waals surface area contributed by atoms with Gasteiger partial charge < -0.3 is 5.11 Å². The minimum absolute atomic E-state index is 0.112. The molecule has 0 aromatic heterocycles. The van der Waals surface area contributed by atoms with Crippen LogP contribution in [-0.2, 0) is 14.8 Å². The third-order valence-electron chi connectivity index (χ3n) is 2.44. The highest BCUT2D eigenvalue weighted by atomic mass is 35.5. The van der Waals surface area contributed by atoms with Crippen molar-refractivity contribution in [3.8, 4) is 0 Å². The van der Waals surface area contributed by atoms with Gasteiger partial charge in [-0.05, 0) is 37.1 Å². The Bertz CT molecular complexity index is 567. The van der Waals surface area contributed by atoms with Crippen LogP contribution >= 0.6 is 11.6 Å². The molecule has 1 aromatic carbocycles. The Morgan fingerprint density at radius 1 is 1.25 bits per heavy atom. The third-order valence-corrected chi connectivity index (χ3v) is 4.13. The van der Waals surface area contributed by atoms with Gasteiger partial charge in [0.1, 0.15) is 0 Å². The van der Waals surface area contributed by atoms with Gasteiger partial charge in [0.25, 0.3) is 0 Å². The van der Waals surface area contributed by atoms with E-state index < -0.39 is 16.0 Å². The van der Waals surface area contributed by atoms with Crippen LogP contribution < -0.4 is 4.72 Å². The second-order valence-electron chi connectivity index (χ2n) is 4.06. The number of allylic oxidation sites excluding steroid dienone is 1. The molecule has 110 valence electrons. The van der Waals surface area contributed by atoms with Crippen molar-refractivity contribution in [2.24, 2.45) is 0 Å². The smallest absolute Gasteiger partial charge is 0.303 e. The number of benzene rings is 1. The van der Waals surface area contributed by atoms with Crippen LogP contribution in [0.4, 0.5) is 0 Å². The van der Waals surface area contributed by atoms with Gasteiger partial charge in [0.2, 0.25) is 10.0 Å². The average Bonchev–Trinajstić information content (AvgIpc) is 2.37. The molecule has 0 atom stereocenters. The second-order valence-corrected chi connectivity index (χ2v) is 6.27. The summed E-state index contributed by atoms with van der Waals surface area (Å²) in [4.78, 5) is 10.4. The van der Waals surface area contributed by atoms with Gasteiger partial charge >= 0.3 is 5.97 Å². The molecular weight excluding hydrogens is 302 g/mol. The molecule has 0 radical (unpaired) electrons. The predicted molar refractivity (Wildman–Crippen MR) is 77.3 cm³/mol. The summed E-state index contributed by atoms with van der Waals surface area (Å²) < 4.78 is 26.1. The minimum atomic E-state index is -3.54. The molecule has 0 fully saturated rings. The first-order valence-electron chi connectivity index (χ1n) is 6.04. The van der Waals surface area contributed by atoms with Gasteiger partial charge in [0.05, 0.1) is 4.90 Å². The van der Waals surface area contributed by atoms with Crippen molar-refractivity contribution >= 4 is 27.6 Å². The number of carboxylic acid groups (broad SMARTS) is 1. The number of halogens is 1. The SMILES string of the molecule is O=C(O)CCC/C=C\CNS(=O)(=O)c1ccc(Cl)cc1. The number of unbranched alkanes of at least 4 members (excludes halogenated alkanes) is 1. The standard InChI is InChI=1S/C13H16ClNO4S/c14-11-6-8-12(9-7-11)20(18,19)15-10-4-2-1-3-5-13(16)17/h2,4,6-9,15H,1,3,5,10H2,(H,16,17)/b4-2-. The van der Waals surface area contributed by atoms with E-state index in [1.165, 1.54) is 24.3 Å². The highest BCUT2D eigenvalue weighted by Gasteiger charge is 2.11. The third kappa shape index (κ3) is 6.18. The number of hydrogen-bond donors (Lipinski definition) is 2. The first-order valence-corrected chi connectivity index (χ1v) is 7.90. The van der Waals surface area contributed by atoms with Crippen molar-refractivity contribution in [3.63, 3.8) is 0 Å². The Morgan fingerprint density at radius 2 is 1.90 bits per heavy atom. The van der Waals surface area contributed by atoms with Gasteiger partial charge in [0, 0.05) is 18.0 Å². The summed E-state index contributed by atoms with van der Waals surface area (Å²) in [6, 6.07) is 5.89. The van der Waals surface area contributed by atoms with Gasteiger partial charge in [0.15, 0.2) is 0 Å². The zero-order valence-corrected chi connectivity index (χ0v) is 12.3. The molecule has 20 heavy (non-hydrogen) atoms. The number of carboxylic acids is 1. The molecule has 0 aliphatic heterocycles. The van der Waals surface area contributed by atoms with Crippen LogP contribution in [-0.4, -0.2) is 26.0 Å². The number of aliphatic carboxylic acids is 1. The first-order chi connectivity index (χ1) is 9.42. The predicted octanol–water partition coefficient (Wildman–Crippen LogP) is 2.43. The fraction of sp³-hybridized carbons (Fsp3) is 0.308. The van der Waals surface area contributed by atoms with E-state index >= 15 is 0 Å². The molecule has 5 nitrogen and oxygen atoms in total. The molecule has 0 aliphatic carbocycles. The zero-order valence-electron chi connectivity index (χ0n) is 10.8. The van der Waals surface area contributed by atoms with Gasteiger partial charge in [-0.1, -0.05) is 23.8 Å². The molecule has 0 saturated heterocycles. The lowest BCUT2D eigenvalue weighted by Gasteiger charge is -2.04. The maximum absolute atomic E-state index is 11.9. The van der Waals surface area contributed by atoms with Crippen LogP contribution in [0.15, 0.2) is 41.3 Å². The Hall–Kier alpha value is -1.37. The maximum Gasteiger partial charge on any atom is 0.303 e. The van der Waals surface area contributed by atoms with E-state index in [0.717, 1.165) is 0 Å². The Labute approximate surface area is 123 Å². The first kappa shape index (κ1) is 16.7. The van der Waals surface area contributed by atoms with Crippen molar-refractivity contribution in [1.29, 1.82) is 0 Å². The molecule has 0 heterocycles. The summed E-state index contributed by atoms with van der Waals surface area (Å²) >= 11 is 5.69. The van der Waals surface area contributed by atoms with E-state index in [0.29, 0.717) is 17.9 Å². The molecular formula is C13H16ClNO4S. The van der Waals surface area contributed by atoms with E-state index in [9.17, 15) is 13.2 Å². The minimum Gasteiger partial charge on any atom is -0.481 e. The summed E-state index contributed by atoms with van der Waals surface area (Å²) in [5, 5.41) is 8.92. The molecule has 1 rings (SSSR count). The Balaban J connectivity index is 2.38. The number of nitrogens with one attached hydrogen (secondary N) is 1. The normalized spacial score (nSPS) is 11.8. The van der Waals surface area contributed by atoms with Crippen molar-refractivity contribution in [3.05, 3.63) is 41.4 Å². The number of carbonyl (C=O) groups is 1. The second kappa shape index (κ2) is 8.04. The van der Waals surface area contributed by atoms with Crippen LogP contribution in [0, 0.1) is 0 Å². The lowest BCUT2D eigenvalue weighted by atomic mass is 10.2. The molecule has 1 aromatic rings. The number of hydrogen-bond acceptors (Lipinski definition) is 3. The summed E-state index contributed by atoms with van der Waals surface area (Å²) in [6.45, 7) is 0.165. The van der Waals surface area contributed by atoms with Crippen LogP contribution in [0.5, 0.6) is 0 Å². The van der Waals surface area contributed by atoms with Crippen molar-refractivity contribution < 1.29 is 18.3 Å². The lowest BCUT2D eigenvalue weighted by molar-refractivity contribution is -0.137. The van der Waals surface area contributed by atoms with Crippen molar-refractivity contribution in [2.45, 2.75) is 24.2 Å². The highest BCUT2D eigenvalue weighted by Crippen LogP contribution is 2.13. The monoisotopic (exact) mass is 317 g/mol. The average molecular weight is 318 g/mol. The highest BCUT2D eigenvalue weighted by molar-refractivity contribution is 7.89. The van der Waals surface area contributed by atoms with Gasteiger partial charge in [-0.15, -0.1) is 0 Å². The van der Waals surface area contributed by atoms with Crippen LogP contribution in [0.3, 0.4) is 0 Å². The lowest BCUT2D eigenvalue weighted by Crippen LogP contribution is -2.23. The summed E-state index contributed by atoms with van der Waals surface area (Å²) in [5.41, 5.74) is 0. The van der Waals surface area contributed by atoms with E-state index in [-0.39, 0.29) is 17.9 Å². The molecule has 2 N–H and O–H groups in total. The van der Waals surface area contributed by atoms with Crippen molar-refractivity contribution in [2.75, 3.05) is 6.54 Å². The summed E-state index contributed by atoms with van der Waals surface area (Å²) in [5.74, 6) is -0.832. The molecule has 0 spiro atoms. The van der Waals surface area contributed by atoms with Gasteiger partial charge in [-0.3, -0.25) is 4.79 Å². The fourth-order valence-electron chi connectivity index (χ4n) is 1.43. The van der Waals surface area contributed by atoms with Crippen molar-refractivity contribution in [1.82, 2.24) is 4.72 Å². The Kier molecular flexibility index (Phi) is 6.70. The van der Waals surface area contributed by atoms with E-state index in [1.54, 1.807) is 12.2 Å².